The number of likely N-dealkylation sites (tertiary alicyclic amines) is 1. The zero-order valence-corrected chi connectivity index (χ0v) is 21.8. The van der Waals surface area contributed by atoms with Crippen LogP contribution in [-0.4, -0.2) is 53.0 Å². The van der Waals surface area contributed by atoms with Crippen LogP contribution in [0, 0.1) is 17.3 Å². The number of nitrogens with zero attached hydrogens (tertiary/aromatic N) is 1. The highest BCUT2D eigenvalue weighted by atomic mass is 35.5. The number of amides is 2. The van der Waals surface area contributed by atoms with Crippen molar-refractivity contribution in [1.82, 2.24) is 15.5 Å². The van der Waals surface area contributed by atoms with Gasteiger partial charge in [0, 0.05) is 35.0 Å². The lowest BCUT2D eigenvalue weighted by Crippen LogP contribution is -2.60. The fourth-order valence-corrected chi connectivity index (χ4v) is 6.48. The van der Waals surface area contributed by atoms with E-state index in [1.807, 2.05) is 44.7 Å². The van der Waals surface area contributed by atoms with Crippen molar-refractivity contribution in [1.29, 1.82) is 0 Å². The fraction of sp³-hybridized carbons (Fsp3) is 0.704. The number of carbonyl (C=O) groups excluding carboxylic acids is 2. The molecule has 34 heavy (non-hydrogen) atoms. The second-order valence-electron chi connectivity index (χ2n) is 11.7. The Bertz CT molecular complexity index is 910. The molecule has 0 aromatic heterocycles. The third kappa shape index (κ3) is 4.74. The lowest BCUT2D eigenvalue weighted by Gasteiger charge is -2.51. The van der Waals surface area contributed by atoms with Crippen LogP contribution in [0.2, 0.25) is 5.02 Å². The van der Waals surface area contributed by atoms with Crippen LogP contribution in [0.3, 0.4) is 0 Å². The molecule has 1 aromatic rings. The molecular formula is C27H40ClN3O3. The molecule has 2 amide bonds. The fourth-order valence-electron chi connectivity index (χ4n) is 6.36. The van der Waals surface area contributed by atoms with E-state index in [2.05, 4.69) is 10.6 Å². The smallest absolute Gasteiger partial charge is 0.245 e. The van der Waals surface area contributed by atoms with Gasteiger partial charge in [-0.05, 0) is 68.7 Å². The van der Waals surface area contributed by atoms with Gasteiger partial charge in [-0.25, -0.2) is 0 Å². The van der Waals surface area contributed by atoms with Crippen molar-refractivity contribution < 1.29 is 14.7 Å². The molecule has 1 spiro atoms. The van der Waals surface area contributed by atoms with E-state index in [4.69, 9.17) is 11.6 Å². The first-order valence-electron chi connectivity index (χ1n) is 12.8. The van der Waals surface area contributed by atoms with E-state index in [9.17, 15) is 14.7 Å². The highest BCUT2D eigenvalue weighted by Gasteiger charge is 2.50. The number of benzene rings is 1. The van der Waals surface area contributed by atoms with Gasteiger partial charge in [-0.1, -0.05) is 51.4 Å². The van der Waals surface area contributed by atoms with Crippen LogP contribution < -0.4 is 10.6 Å². The summed E-state index contributed by atoms with van der Waals surface area (Å²) in [6.45, 7) is 9.85. The van der Waals surface area contributed by atoms with Gasteiger partial charge in [0.25, 0.3) is 0 Å². The first-order valence-corrected chi connectivity index (χ1v) is 13.2. The Kier molecular flexibility index (Phi) is 7.07. The van der Waals surface area contributed by atoms with Crippen molar-refractivity contribution in [3.8, 4) is 0 Å². The number of halogens is 1. The summed E-state index contributed by atoms with van der Waals surface area (Å²) in [5, 5.41) is 19.0. The molecular weight excluding hydrogens is 450 g/mol. The van der Waals surface area contributed by atoms with Gasteiger partial charge < -0.3 is 20.6 Å². The molecule has 4 rings (SSSR count). The van der Waals surface area contributed by atoms with Crippen LogP contribution in [0.15, 0.2) is 24.3 Å². The second kappa shape index (κ2) is 9.44. The molecule has 2 aliphatic heterocycles. The third-order valence-corrected chi connectivity index (χ3v) is 8.88. The number of rotatable bonds is 5. The monoisotopic (exact) mass is 489 g/mol. The molecule has 4 atom stereocenters. The predicted octanol–water partition coefficient (Wildman–Crippen LogP) is 3.85. The normalized spacial score (nSPS) is 31.7. The van der Waals surface area contributed by atoms with E-state index in [1.54, 1.807) is 12.1 Å². The SMILES string of the molecule is CC(C)[C@@H](NC(=O)[C@@H]1CCC2(CCCN2)C1)C(=O)N1CC[C@](O)(c2ccc(Cl)cc2)C(C)(C)C1. The number of aliphatic hydroxyl groups is 1. The molecule has 1 unspecified atom stereocenters. The Hall–Kier alpha value is -1.63. The molecule has 1 saturated carbocycles. The summed E-state index contributed by atoms with van der Waals surface area (Å²) >= 11 is 6.05. The zero-order valence-electron chi connectivity index (χ0n) is 21.0. The molecule has 188 valence electrons. The summed E-state index contributed by atoms with van der Waals surface area (Å²) in [6, 6.07) is 6.76. The summed E-state index contributed by atoms with van der Waals surface area (Å²) in [5.41, 5.74) is -0.676. The summed E-state index contributed by atoms with van der Waals surface area (Å²) in [5.74, 6) is -0.100. The predicted molar refractivity (Wildman–Crippen MR) is 134 cm³/mol. The van der Waals surface area contributed by atoms with E-state index >= 15 is 0 Å². The van der Waals surface area contributed by atoms with E-state index in [0.29, 0.717) is 24.5 Å². The quantitative estimate of drug-likeness (QED) is 0.586. The van der Waals surface area contributed by atoms with Crippen molar-refractivity contribution in [2.24, 2.45) is 17.3 Å². The average molecular weight is 490 g/mol. The van der Waals surface area contributed by atoms with Crippen LogP contribution in [-0.2, 0) is 15.2 Å². The van der Waals surface area contributed by atoms with Crippen molar-refractivity contribution in [2.75, 3.05) is 19.6 Å². The van der Waals surface area contributed by atoms with Crippen LogP contribution in [0.4, 0.5) is 0 Å². The molecule has 0 bridgehead atoms. The summed E-state index contributed by atoms with van der Waals surface area (Å²) in [4.78, 5) is 28.6. The standard InChI is InChI=1S/C27H40ClN3O3/c1-18(2)22(30-23(32)19-10-12-26(16-19)11-5-14-29-26)24(33)31-15-13-27(34,25(3,4)17-31)20-6-8-21(28)9-7-20/h6-9,18-19,22,29,34H,5,10-17H2,1-4H3,(H,30,32)/t19-,22-,26?,27+/m1/s1. The van der Waals surface area contributed by atoms with E-state index < -0.39 is 17.1 Å². The van der Waals surface area contributed by atoms with Crippen LogP contribution in [0.25, 0.3) is 0 Å². The number of piperidine rings is 1. The lowest BCUT2D eigenvalue weighted by molar-refractivity contribution is -0.157. The zero-order chi connectivity index (χ0) is 24.7. The molecule has 1 aromatic carbocycles. The maximum absolute atomic E-state index is 13.6. The van der Waals surface area contributed by atoms with Gasteiger partial charge in [0.05, 0.1) is 5.60 Å². The Morgan fingerprint density at radius 1 is 1.18 bits per heavy atom. The molecule has 3 aliphatic rings. The van der Waals surface area contributed by atoms with Gasteiger partial charge in [0.2, 0.25) is 11.8 Å². The molecule has 2 saturated heterocycles. The Morgan fingerprint density at radius 2 is 1.88 bits per heavy atom. The summed E-state index contributed by atoms with van der Waals surface area (Å²) < 4.78 is 0. The average Bonchev–Trinajstić information content (AvgIpc) is 3.43. The minimum Gasteiger partial charge on any atom is -0.384 e. The van der Waals surface area contributed by atoms with E-state index in [0.717, 1.165) is 37.8 Å². The largest absolute Gasteiger partial charge is 0.384 e. The molecule has 1 aliphatic carbocycles. The van der Waals surface area contributed by atoms with Gasteiger partial charge in [0.1, 0.15) is 6.04 Å². The molecule has 2 heterocycles. The first kappa shape index (κ1) is 25.5. The topological polar surface area (TPSA) is 81.7 Å². The van der Waals surface area contributed by atoms with Crippen molar-refractivity contribution in [3.63, 3.8) is 0 Å². The summed E-state index contributed by atoms with van der Waals surface area (Å²) in [7, 11) is 0. The van der Waals surface area contributed by atoms with Gasteiger partial charge in [-0.3, -0.25) is 9.59 Å². The van der Waals surface area contributed by atoms with E-state index in [1.165, 1.54) is 6.42 Å². The van der Waals surface area contributed by atoms with Crippen LogP contribution in [0.5, 0.6) is 0 Å². The number of nitrogens with one attached hydrogen (secondary N) is 2. The highest BCUT2D eigenvalue weighted by molar-refractivity contribution is 6.30. The number of hydrogen-bond acceptors (Lipinski definition) is 4. The Morgan fingerprint density at radius 3 is 2.47 bits per heavy atom. The van der Waals surface area contributed by atoms with Crippen molar-refractivity contribution in [2.45, 2.75) is 83.4 Å². The van der Waals surface area contributed by atoms with Crippen LogP contribution in [0.1, 0.15) is 71.8 Å². The maximum Gasteiger partial charge on any atom is 0.245 e. The first-order chi connectivity index (χ1) is 16.0. The number of hydrogen-bond donors (Lipinski definition) is 3. The summed E-state index contributed by atoms with van der Waals surface area (Å²) in [6.07, 6.45) is 5.53. The third-order valence-electron chi connectivity index (χ3n) is 8.62. The maximum atomic E-state index is 13.6. The van der Waals surface area contributed by atoms with Crippen LogP contribution >= 0.6 is 11.6 Å². The molecule has 3 fully saturated rings. The molecule has 0 radical (unpaired) electrons. The molecule has 7 heteroatoms. The second-order valence-corrected chi connectivity index (χ2v) is 12.2. The van der Waals surface area contributed by atoms with Gasteiger partial charge in [-0.2, -0.15) is 0 Å². The highest BCUT2D eigenvalue weighted by Crippen LogP contribution is 2.46. The van der Waals surface area contributed by atoms with Crippen molar-refractivity contribution in [3.05, 3.63) is 34.9 Å². The lowest BCUT2D eigenvalue weighted by atomic mass is 9.66. The minimum atomic E-state index is -1.06. The van der Waals surface area contributed by atoms with E-state index in [-0.39, 0.29) is 29.2 Å². The van der Waals surface area contributed by atoms with Crippen molar-refractivity contribution >= 4 is 23.4 Å². The minimum absolute atomic E-state index is 0.00608. The number of carbonyl (C=O) groups is 2. The Labute approximate surface area is 208 Å². The van der Waals surface area contributed by atoms with Gasteiger partial charge >= 0.3 is 0 Å². The Balaban J connectivity index is 1.43. The molecule has 6 nitrogen and oxygen atoms in total. The van der Waals surface area contributed by atoms with Gasteiger partial charge in [0.15, 0.2) is 0 Å². The van der Waals surface area contributed by atoms with Gasteiger partial charge in [-0.15, -0.1) is 0 Å². The molecule has 3 N–H and O–H groups in total.